The Balaban J connectivity index is 1.54. The van der Waals surface area contributed by atoms with Crippen LogP contribution in [0.1, 0.15) is 76.8 Å². The zero-order valence-electron chi connectivity index (χ0n) is 25.9. The number of nitrogens with one attached hydrogen (secondary N) is 3. The number of imide groups is 1. The molecule has 44 heavy (non-hydrogen) atoms. The Morgan fingerprint density at radius 3 is 2.20 bits per heavy atom. The molecule has 2 aromatic carbocycles. The average molecular weight is 606 g/mol. The molecule has 2 aromatic rings. The van der Waals surface area contributed by atoms with E-state index in [0.29, 0.717) is 24.2 Å². The van der Waals surface area contributed by atoms with E-state index in [1.165, 1.54) is 0 Å². The lowest BCUT2D eigenvalue weighted by molar-refractivity contribution is -0.142. The van der Waals surface area contributed by atoms with Gasteiger partial charge in [0.2, 0.25) is 5.91 Å². The molecule has 1 spiro atoms. The minimum atomic E-state index is -1.05. The molecule has 2 aliphatic rings. The summed E-state index contributed by atoms with van der Waals surface area (Å²) in [6.07, 6.45) is 3.56. The number of carbonyl (C=O) groups excluding carboxylic acids is 4. The number of aliphatic carboxylic acids is 1. The van der Waals surface area contributed by atoms with Crippen LogP contribution in [0.25, 0.3) is 0 Å². The van der Waals surface area contributed by atoms with Gasteiger partial charge >= 0.3 is 18.0 Å². The van der Waals surface area contributed by atoms with Crippen LogP contribution in [0.2, 0.25) is 0 Å². The number of para-hydroxylation sites is 1. The summed E-state index contributed by atoms with van der Waals surface area (Å²) in [7, 11) is 0. The molecule has 11 heteroatoms. The van der Waals surface area contributed by atoms with Crippen LogP contribution in [0.3, 0.4) is 0 Å². The maximum atomic E-state index is 14.2. The Kier molecular flexibility index (Phi) is 10.3. The van der Waals surface area contributed by atoms with Crippen molar-refractivity contribution in [3.63, 3.8) is 0 Å². The van der Waals surface area contributed by atoms with Crippen molar-refractivity contribution in [2.24, 2.45) is 5.92 Å². The molecule has 6 amide bonds. The van der Waals surface area contributed by atoms with Crippen LogP contribution in [0.4, 0.5) is 21.0 Å². The SMILES string of the molecule is Cc1ccccc1NC(=O)Nc1ccc(CN2C(=O)N([C@@H](CC(C)C)C(=O)NC(C)CC(=O)O)C(=O)C23CCCCC3)cc1. The monoisotopic (exact) mass is 605 g/mol. The molecule has 1 saturated carbocycles. The summed E-state index contributed by atoms with van der Waals surface area (Å²) in [4.78, 5) is 68.2. The number of aryl methyl sites for hydroxylation is 1. The highest BCUT2D eigenvalue weighted by Gasteiger charge is 2.59. The molecule has 1 unspecified atom stereocenters. The molecule has 0 bridgehead atoms. The first-order chi connectivity index (χ1) is 20.9. The number of hydrogen-bond donors (Lipinski definition) is 4. The second kappa shape index (κ2) is 13.9. The lowest BCUT2D eigenvalue weighted by Crippen LogP contribution is -2.54. The van der Waals surface area contributed by atoms with Crippen molar-refractivity contribution >= 4 is 41.2 Å². The molecule has 1 aliphatic heterocycles. The van der Waals surface area contributed by atoms with Crippen LogP contribution in [0.5, 0.6) is 0 Å². The molecule has 2 atom stereocenters. The summed E-state index contributed by atoms with van der Waals surface area (Å²) >= 11 is 0. The third kappa shape index (κ3) is 7.38. The predicted molar refractivity (Wildman–Crippen MR) is 167 cm³/mol. The van der Waals surface area contributed by atoms with E-state index in [-0.39, 0.29) is 37.2 Å². The van der Waals surface area contributed by atoms with Crippen molar-refractivity contribution < 1.29 is 29.1 Å². The number of hydrogen-bond acceptors (Lipinski definition) is 5. The van der Waals surface area contributed by atoms with Gasteiger partial charge < -0.3 is 26.0 Å². The number of carboxylic acids is 1. The Hall–Kier alpha value is -4.41. The maximum absolute atomic E-state index is 14.2. The Labute approximate surface area is 258 Å². The van der Waals surface area contributed by atoms with E-state index >= 15 is 0 Å². The zero-order chi connectivity index (χ0) is 32.0. The molecule has 0 aromatic heterocycles. The second-order valence-electron chi connectivity index (χ2n) is 12.4. The number of benzene rings is 2. The minimum absolute atomic E-state index is 0.000496. The van der Waals surface area contributed by atoms with Crippen LogP contribution in [0, 0.1) is 12.8 Å². The van der Waals surface area contributed by atoms with Gasteiger partial charge in [-0.1, -0.05) is 63.4 Å². The molecule has 11 nitrogen and oxygen atoms in total. The topological polar surface area (TPSA) is 148 Å². The zero-order valence-corrected chi connectivity index (χ0v) is 25.9. The Morgan fingerprint density at radius 1 is 0.932 bits per heavy atom. The van der Waals surface area contributed by atoms with E-state index in [4.69, 9.17) is 5.11 Å². The summed E-state index contributed by atoms with van der Waals surface area (Å²) in [5.41, 5.74) is 1.96. The minimum Gasteiger partial charge on any atom is -0.481 e. The van der Waals surface area contributed by atoms with E-state index < -0.39 is 35.5 Å². The van der Waals surface area contributed by atoms with Gasteiger partial charge in [-0.05, 0) is 68.4 Å². The molecule has 0 radical (unpaired) electrons. The lowest BCUT2D eigenvalue weighted by atomic mass is 9.80. The normalized spacial score (nSPS) is 17.5. The summed E-state index contributed by atoms with van der Waals surface area (Å²) in [6, 6.07) is 12.0. The molecule has 2 fully saturated rings. The first-order valence-electron chi connectivity index (χ1n) is 15.3. The van der Waals surface area contributed by atoms with Crippen LogP contribution in [0.15, 0.2) is 48.5 Å². The van der Waals surface area contributed by atoms with E-state index in [0.717, 1.165) is 35.3 Å². The standard InChI is InChI=1S/C33H43N5O6/c1-21(2)18-27(29(41)34-23(4)19-28(39)40)38-30(42)33(16-8-5-9-17-33)37(32(38)44)20-24-12-14-25(15-13-24)35-31(43)36-26-11-7-6-10-22(26)3/h6-7,10-15,21,23,27H,5,8-9,16-20H2,1-4H3,(H,34,41)(H,39,40)(H2,35,36,43)/t23?,27-/m0/s1. The van der Waals surface area contributed by atoms with Gasteiger partial charge in [-0.15, -0.1) is 0 Å². The van der Waals surface area contributed by atoms with Crippen molar-refractivity contribution in [3.05, 3.63) is 59.7 Å². The van der Waals surface area contributed by atoms with Gasteiger partial charge in [-0.25, -0.2) is 14.5 Å². The molecule has 1 aliphatic carbocycles. The molecule has 1 heterocycles. The van der Waals surface area contributed by atoms with Crippen LogP contribution >= 0.6 is 0 Å². The fraction of sp³-hybridized carbons (Fsp3) is 0.485. The molecular formula is C33H43N5O6. The number of urea groups is 2. The first kappa shape index (κ1) is 32.5. The lowest BCUT2D eigenvalue weighted by Gasteiger charge is -2.38. The quantitative estimate of drug-likeness (QED) is 0.249. The number of carbonyl (C=O) groups is 5. The van der Waals surface area contributed by atoms with E-state index in [1.807, 2.05) is 57.2 Å². The molecule has 1 saturated heterocycles. The third-order valence-corrected chi connectivity index (χ3v) is 8.38. The predicted octanol–water partition coefficient (Wildman–Crippen LogP) is 5.50. The molecular weight excluding hydrogens is 562 g/mol. The van der Waals surface area contributed by atoms with Crippen molar-refractivity contribution in [3.8, 4) is 0 Å². The van der Waals surface area contributed by atoms with E-state index in [2.05, 4.69) is 16.0 Å². The van der Waals surface area contributed by atoms with Crippen LogP contribution < -0.4 is 16.0 Å². The summed E-state index contributed by atoms with van der Waals surface area (Å²) in [5, 5.41) is 17.5. The van der Waals surface area contributed by atoms with Crippen molar-refractivity contribution in [2.45, 2.75) is 96.8 Å². The smallest absolute Gasteiger partial charge is 0.328 e. The largest absolute Gasteiger partial charge is 0.481 e. The summed E-state index contributed by atoms with van der Waals surface area (Å²) < 4.78 is 0. The van der Waals surface area contributed by atoms with Gasteiger partial charge in [0.25, 0.3) is 5.91 Å². The number of anilines is 2. The van der Waals surface area contributed by atoms with Gasteiger partial charge in [0.15, 0.2) is 0 Å². The van der Waals surface area contributed by atoms with Gasteiger partial charge in [-0.2, -0.15) is 0 Å². The maximum Gasteiger partial charge on any atom is 0.328 e. The molecule has 4 N–H and O–H groups in total. The highest BCUT2D eigenvalue weighted by Crippen LogP contribution is 2.42. The Bertz CT molecular complexity index is 1390. The highest BCUT2D eigenvalue weighted by atomic mass is 16.4. The summed E-state index contributed by atoms with van der Waals surface area (Å²) in [5.74, 6) is -1.94. The summed E-state index contributed by atoms with van der Waals surface area (Å²) in [6.45, 7) is 7.49. The fourth-order valence-corrected chi connectivity index (χ4v) is 6.16. The average Bonchev–Trinajstić information content (AvgIpc) is 3.14. The van der Waals surface area contributed by atoms with Crippen LogP contribution in [-0.4, -0.2) is 62.4 Å². The fourth-order valence-electron chi connectivity index (χ4n) is 6.16. The third-order valence-electron chi connectivity index (χ3n) is 8.38. The number of amides is 6. The number of carboxylic acid groups (broad SMARTS) is 1. The molecule has 4 rings (SSSR count). The van der Waals surface area contributed by atoms with Crippen LogP contribution in [-0.2, 0) is 20.9 Å². The van der Waals surface area contributed by atoms with Crippen molar-refractivity contribution in [1.29, 1.82) is 0 Å². The van der Waals surface area contributed by atoms with Gasteiger partial charge in [0.1, 0.15) is 11.6 Å². The van der Waals surface area contributed by atoms with Gasteiger partial charge in [-0.3, -0.25) is 14.4 Å². The van der Waals surface area contributed by atoms with Gasteiger partial charge in [0.05, 0.1) is 6.42 Å². The first-order valence-corrected chi connectivity index (χ1v) is 15.3. The Morgan fingerprint density at radius 2 is 1.59 bits per heavy atom. The number of rotatable bonds is 11. The van der Waals surface area contributed by atoms with E-state index in [9.17, 15) is 24.0 Å². The number of nitrogens with zero attached hydrogens (tertiary/aromatic N) is 2. The van der Waals surface area contributed by atoms with E-state index in [1.54, 1.807) is 24.0 Å². The van der Waals surface area contributed by atoms with Crippen molar-refractivity contribution in [2.75, 3.05) is 10.6 Å². The molecule has 236 valence electrons. The van der Waals surface area contributed by atoms with Gasteiger partial charge in [0, 0.05) is 24.0 Å². The second-order valence-corrected chi connectivity index (χ2v) is 12.4. The van der Waals surface area contributed by atoms with Crippen molar-refractivity contribution in [1.82, 2.24) is 15.1 Å². The highest BCUT2D eigenvalue weighted by molar-refractivity contribution is 6.10.